The first-order valence-corrected chi connectivity index (χ1v) is 22.1. The van der Waals surface area contributed by atoms with Gasteiger partial charge in [0.25, 0.3) is 0 Å². The molecule has 0 radical (unpaired) electrons. The van der Waals surface area contributed by atoms with Crippen LogP contribution in [0.3, 0.4) is 0 Å². The highest BCUT2D eigenvalue weighted by atomic mass is 32.1. The molecule has 3 heteroatoms. The van der Waals surface area contributed by atoms with Crippen molar-refractivity contribution >= 4 is 82.4 Å². The molecule has 0 bridgehead atoms. The van der Waals surface area contributed by atoms with Gasteiger partial charge in [-0.2, -0.15) is 0 Å². The SMILES string of the molecule is C=C(C1=CCC(C)(C)c2ccccc2CC=C1)c1sc2ccccc2c1/C=C(\C)n1c2ccccc2c2c(-c3ccc4c(c3)c3ccccc3n4-c3ccccc3)cccc21. The van der Waals surface area contributed by atoms with Crippen molar-refractivity contribution in [1.82, 2.24) is 9.13 Å². The van der Waals surface area contributed by atoms with Gasteiger partial charge in [-0.15, -0.1) is 11.3 Å². The first-order valence-electron chi connectivity index (χ1n) is 21.3. The Labute approximate surface area is 361 Å². The van der Waals surface area contributed by atoms with Crippen LogP contribution in [-0.4, -0.2) is 9.13 Å². The molecule has 0 atom stereocenters. The number of hydrogen-bond acceptors (Lipinski definition) is 1. The third-order valence-corrected chi connectivity index (χ3v) is 14.1. The highest BCUT2D eigenvalue weighted by Gasteiger charge is 2.25. The molecular formula is C58H46N2S. The maximum absolute atomic E-state index is 4.83. The van der Waals surface area contributed by atoms with Crippen LogP contribution in [0.2, 0.25) is 0 Å². The predicted molar refractivity (Wildman–Crippen MR) is 265 cm³/mol. The average molecular weight is 803 g/mol. The van der Waals surface area contributed by atoms with Crippen molar-refractivity contribution in [2.24, 2.45) is 0 Å². The van der Waals surface area contributed by atoms with Crippen LogP contribution in [0.1, 0.15) is 48.8 Å². The molecule has 1 aliphatic carbocycles. The summed E-state index contributed by atoms with van der Waals surface area (Å²) >= 11 is 1.85. The topological polar surface area (TPSA) is 9.86 Å². The van der Waals surface area contributed by atoms with E-state index in [0.717, 1.165) is 24.1 Å². The Balaban J connectivity index is 1.05. The normalized spacial score (nSPS) is 14.3. The van der Waals surface area contributed by atoms with Gasteiger partial charge in [0.05, 0.1) is 22.1 Å². The Hall–Kier alpha value is -6.94. The molecule has 0 saturated carbocycles. The number of para-hydroxylation sites is 3. The number of nitrogens with zero attached hydrogens (tertiary/aromatic N) is 2. The average Bonchev–Trinajstić information content (AvgIpc) is 3.96. The van der Waals surface area contributed by atoms with Crippen molar-refractivity contribution in [3.05, 3.63) is 216 Å². The van der Waals surface area contributed by atoms with E-state index in [9.17, 15) is 0 Å². The molecule has 0 aliphatic heterocycles. The summed E-state index contributed by atoms with van der Waals surface area (Å²) in [5.74, 6) is 0. The molecule has 3 aromatic heterocycles. The molecule has 11 rings (SSSR count). The van der Waals surface area contributed by atoms with E-state index in [-0.39, 0.29) is 5.41 Å². The molecule has 10 aromatic rings. The zero-order valence-electron chi connectivity index (χ0n) is 34.8. The van der Waals surface area contributed by atoms with Gasteiger partial charge in [-0.05, 0) is 113 Å². The van der Waals surface area contributed by atoms with E-state index in [1.165, 1.54) is 97.7 Å². The molecule has 0 spiro atoms. The fraction of sp³-hybridized carbons (Fsp3) is 0.103. The summed E-state index contributed by atoms with van der Waals surface area (Å²) in [5.41, 5.74) is 15.9. The minimum atomic E-state index is 0.00973. The molecule has 0 fully saturated rings. The maximum Gasteiger partial charge on any atom is 0.0543 e. The summed E-state index contributed by atoms with van der Waals surface area (Å²) in [4.78, 5) is 1.22. The fourth-order valence-corrected chi connectivity index (χ4v) is 11.1. The molecular weight excluding hydrogens is 757 g/mol. The molecule has 3 heterocycles. The van der Waals surface area contributed by atoms with Gasteiger partial charge in [0.2, 0.25) is 0 Å². The van der Waals surface area contributed by atoms with Crippen LogP contribution < -0.4 is 0 Å². The second-order valence-electron chi connectivity index (χ2n) is 17.1. The fourth-order valence-electron chi connectivity index (χ4n) is 9.91. The Kier molecular flexibility index (Phi) is 8.91. The summed E-state index contributed by atoms with van der Waals surface area (Å²) in [7, 11) is 0. The van der Waals surface area contributed by atoms with Gasteiger partial charge in [0.1, 0.15) is 0 Å². The largest absolute Gasteiger partial charge is 0.313 e. The number of rotatable bonds is 6. The third-order valence-electron chi connectivity index (χ3n) is 12.9. The molecule has 0 saturated heterocycles. The van der Waals surface area contributed by atoms with Gasteiger partial charge in [-0.1, -0.05) is 154 Å². The monoisotopic (exact) mass is 802 g/mol. The Morgan fingerprint density at radius 2 is 1.34 bits per heavy atom. The lowest BCUT2D eigenvalue weighted by molar-refractivity contribution is 0.529. The van der Waals surface area contributed by atoms with Crippen molar-refractivity contribution in [2.45, 2.75) is 39.0 Å². The molecule has 0 amide bonds. The van der Waals surface area contributed by atoms with Crippen molar-refractivity contribution in [2.75, 3.05) is 0 Å². The molecule has 0 N–H and O–H groups in total. The zero-order chi connectivity index (χ0) is 41.2. The summed E-state index contributed by atoms with van der Waals surface area (Å²) in [6.07, 6.45) is 11.3. The third kappa shape index (κ3) is 6.14. The summed E-state index contributed by atoms with van der Waals surface area (Å²) in [6, 6.07) is 59.9. The van der Waals surface area contributed by atoms with E-state index < -0.39 is 0 Å². The van der Waals surface area contributed by atoms with Gasteiger partial charge in [0.15, 0.2) is 0 Å². The van der Waals surface area contributed by atoms with Gasteiger partial charge < -0.3 is 9.13 Å². The van der Waals surface area contributed by atoms with Crippen molar-refractivity contribution < 1.29 is 0 Å². The van der Waals surface area contributed by atoms with Gasteiger partial charge in [-0.3, -0.25) is 0 Å². The van der Waals surface area contributed by atoms with Crippen LogP contribution in [0.4, 0.5) is 0 Å². The maximum atomic E-state index is 4.83. The standard InChI is InChI=1S/C58H46N2S/c1-38(36-49-46-24-11-15-31-55(46)61-57(49)39(2)40-19-16-20-41-18-8-12-27-50(41)58(3,4)35-34-40)59-52-29-14-10-25-47(52)56-44(26-17-30-54(56)59)42-32-33-53-48(37-42)45-23-9-13-28-51(45)60(53)43-21-6-5-7-22-43/h5-19,21-34,36-37H,2,20,35H2,1,3-4H3/b19-16?,38-36+,40-34?. The predicted octanol–water partition coefficient (Wildman–Crippen LogP) is 16.2. The van der Waals surface area contributed by atoms with Gasteiger partial charge in [0, 0.05) is 53.5 Å². The first-order chi connectivity index (χ1) is 29.9. The van der Waals surface area contributed by atoms with E-state index in [4.69, 9.17) is 6.58 Å². The second-order valence-corrected chi connectivity index (χ2v) is 18.1. The van der Waals surface area contributed by atoms with Gasteiger partial charge in [-0.25, -0.2) is 0 Å². The van der Waals surface area contributed by atoms with Crippen molar-refractivity contribution in [1.29, 1.82) is 0 Å². The lowest BCUT2D eigenvalue weighted by Crippen LogP contribution is -2.18. The summed E-state index contributed by atoms with van der Waals surface area (Å²) in [5, 5.41) is 6.28. The smallest absolute Gasteiger partial charge is 0.0543 e. The number of benzene rings is 7. The Bertz CT molecular complexity index is 3470. The summed E-state index contributed by atoms with van der Waals surface area (Å²) < 4.78 is 6.12. The second kappa shape index (κ2) is 14.7. The highest BCUT2D eigenvalue weighted by Crippen LogP contribution is 2.44. The molecule has 2 nitrogen and oxygen atoms in total. The number of aromatic nitrogens is 2. The van der Waals surface area contributed by atoms with Crippen LogP contribution in [0, 0.1) is 0 Å². The molecule has 7 aromatic carbocycles. The number of allylic oxidation sites excluding steroid dienone is 6. The van der Waals surface area contributed by atoms with Crippen molar-refractivity contribution in [3.8, 4) is 16.8 Å². The van der Waals surface area contributed by atoms with Crippen molar-refractivity contribution in [3.63, 3.8) is 0 Å². The van der Waals surface area contributed by atoms with Gasteiger partial charge >= 0.3 is 0 Å². The van der Waals surface area contributed by atoms with Crippen LogP contribution in [-0.2, 0) is 11.8 Å². The first kappa shape index (κ1) is 37.1. The minimum absolute atomic E-state index is 0.00973. The van der Waals surface area contributed by atoms with E-state index in [1.54, 1.807) is 0 Å². The number of fused-ring (bicyclic) bond motifs is 8. The molecule has 1 aliphatic rings. The lowest BCUT2D eigenvalue weighted by Gasteiger charge is -2.26. The number of thiophene rings is 1. The molecule has 0 unspecified atom stereocenters. The van der Waals surface area contributed by atoms with Crippen LogP contribution in [0.25, 0.3) is 87.9 Å². The Morgan fingerprint density at radius 3 is 2.20 bits per heavy atom. The zero-order valence-corrected chi connectivity index (χ0v) is 35.6. The van der Waals surface area contributed by atoms with Crippen LogP contribution in [0.5, 0.6) is 0 Å². The Morgan fingerprint density at radius 1 is 0.656 bits per heavy atom. The minimum Gasteiger partial charge on any atom is -0.313 e. The van der Waals surface area contributed by atoms with Crippen LogP contribution in [0.15, 0.2) is 194 Å². The number of hydrogen-bond donors (Lipinski definition) is 0. The quantitative estimate of drug-likeness (QED) is 0.158. The lowest BCUT2D eigenvalue weighted by atomic mass is 9.78. The van der Waals surface area contributed by atoms with E-state index in [0.29, 0.717) is 0 Å². The molecule has 61 heavy (non-hydrogen) atoms. The molecule has 294 valence electrons. The van der Waals surface area contributed by atoms with E-state index >= 15 is 0 Å². The summed E-state index contributed by atoms with van der Waals surface area (Å²) in [6.45, 7) is 11.8. The van der Waals surface area contributed by atoms with Crippen LogP contribution >= 0.6 is 11.3 Å². The highest BCUT2D eigenvalue weighted by molar-refractivity contribution is 7.20. The van der Waals surface area contributed by atoms with E-state index in [2.05, 4.69) is 218 Å². The van der Waals surface area contributed by atoms with E-state index in [1.807, 2.05) is 11.3 Å².